The summed E-state index contributed by atoms with van der Waals surface area (Å²) in [6, 6.07) is 19.3. The Kier molecular flexibility index (Phi) is 10.2. The lowest BCUT2D eigenvalue weighted by molar-refractivity contribution is -0.141. The van der Waals surface area contributed by atoms with Crippen LogP contribution in [0.2, 0.25) is 0 Å². The molecule has 1 aliphatic carbocycles. The molecule has 0 aliphatic heterocycles. The Hall–Kier alpha value is -6.46. The normalized spacial score (nSPS) is 12.2. The van der Waals surface area contributed by atoms with Gasteiger partial charge in [0.05, 0.1) is 33.0 Å². The molecule has 17 heteroatoms. The van der Waals surface area contributed by atoms with E-state index < -0.39 is 51.4 Å². The lowest BCUT2D eigenvalue weighted by Crippen LogP contribution is -2.24. The molecule has 272 valence electrons. The third kappa shape index (κ3) is 8.05. The van der Waals surface area contributed by atoms with Gasteiger partial charge in [0, 0.05) is 30.5 Å². The third-order valence-corrected chi connectivity index (χ3v) is 8.51. The molecule has 0 radical (unpaired) electrons. The zero-order valence-corrected chi connectivity index (χ0v) is 28.5. The number of benzene rings is 4. The number of ketones is 2. The largest absolute Gasteiger partial charge is 0.478 e. The molecule has 6 rings (SSSR count). The number of carbonyl (C=O) groups is 5. The molecule has 5 aromatic rings. The second-order valence-corrected chi connectivity index (χ2v) is 13.0. The number of hydrogen-bond acceptors (Lipinski definition) is 10. The fraction of sp³-hybridized carbons (Fsp3) is 0.111. The number of primary sulfonamides is 1. The minimum atomic E-state index is -4.61. The molecule has 0 amide bonds. The van der Waals surface area contributed by atoms with Crippen molar-refractivity contribution in [3.8, 4) is 28.4 Å². The highest BCUT2D eigenvalue weighted by molar-refractivity contribution is 7.89. The number of carbonyl (C=O) groups excluding carboxylic acids is 4. The van der Waals surface area contributed by atoms with E-state index in [1.165, 1.54) is 42.5 Å². The number of esters is 2. The molecule has 0 fully saturated rings. The molecule has 0 spiro atoms. The molecule has 0 saturated carbocycles. The minimum absolute atomic E-state index is 0.0393. The van der Waals surface area contributed by atoms with Gasteiger partial charge in [-0.3, -0.25) is 19.2 Å². The van der Waals surface area contributed by atoms with E-state index in [9.17, 15) is 50.7 Å². The van der Waals surface area contributed by atoms with Gasteiger partial charge in [0.1, 0.15) is 11.5 Å². The number of carboxylic acids is 1. The molecule has 3 N–H and O–H groups in total. The summed E-state index contributed by atoms with van der Waals surface area (Å²) in [6.45, 7) is 4.09. The van der Waals surface area contributed by atoms with Gasteiger partial charge in [-0.2, -0.15) is 18.3 Å². The smallest absolute Gasteiger partial charge is 0.435 e. The van der Waals surface area contributed by atoms with Gasteiger partial charge in [-0.05, 0) is 55.5 Å². The number of alkyl halides is 3. The fourth-order valence-corrected chi connectivity index (χ4v) is 5.79. The van der Waals surface area contributed by atoms with Gasteiger partial charge in [-0.1, -0.05) is 42.0 Å². The van der Waals surface area contributed by atoms with E-state index in [1.54, 1.807) is 24.3 Å². The van der Waals surface area contributed by atoms with Crippen LogP contribution in [0.15, 0.2) is 89.8 Å². The summed E-state index contributed by atoms with van der Waals surface area (Å²) in [5.74, 6) is -4.66. The van der Waals surface area contributed by atoms with Crippen molar-refractivity contribution in [2.75, 3.05) is 0 Å². The van der Waals surface area contributed by atoms with Crippen LogP contribution in [0.3, 0.4) is 0 Å². The number of ether oxygens (including phenoxy) is 2. The van der Waals surface area contributed by atoms with E-state index in [2.05, 4.69) is 5.10 Å². The highest BCUT2D eigenvalue weighted by Crippen LogP contribution is 2.38. The summed E-state index contributed by atoms with van der Waals surface area (Å²) in [6.07, 6.45) is -4.61. The first-order valence-corrected chi connectivity index (χ1v) is 16.7. The summed E-state index contributed by atoms with van der Waals surface area (Å²) in [5, 5.41) is 17.9. The van der Waals surface area contributed by atoms with Crippen molar-refractivity contribution in [3.05, 3.63) is 124 Å². The average Bonchev–Trinajstić information content (AvgIpc) is 3.53. The SMILES string of the molecule is CC(=O)Oc1cccc2c1C(=O)c1c(OC(C)=O)cc(C(=O)O)cc1C2=O.Cc1ccc(-c2cc(C(F)(F)F)nn2-c2ccc(S(N)(=O)=O)cc2)cc1. The number of fused-ring (bicyclic) bond motifs is 2. The quantitative estimate of drug-likeness (QED) is 0.160. The maximum absolute atomic E-state index is 13.1. The Morgan fingerprint density at radius 3 is 1.92 bits per heavy atom. The van der Waals surface area contributed by atoms with Gasteiger partial charge in [-0.25, -0.2) is 23.0 Å². The lowest BCUT2D eigenvalue weighted by Gasteiger charge is -2.21. The molecular formula is C36H26F3N3O10S. The van der Waals surface area contributed by atoms with Crippen molar-refractivity contribution >= 4 is 39.5 Å². The molecular weight excluding hydrogens is 723 g/mol. The van der Waals surface area contributed by atoms with Gasteiger partial charge < -0.3 is 14.6 Å². The monoisotopic (exact) mass is 749 g/mol. The van der Waals surface area contributed by atoms with Crippen molar-refractivity contribution in [1.29, 1.82) is 0 Å². The average molecular weight is 750 g/mol. The van der Waals surface area contributed by atoms with Crippen LogP contribution in [0.4, 0.5) is 13.2 Å². The van der Waals surface area contributed by atoms with Gasteiger partial charge in [0.15, 0.2) is 11.5 Å². The van der Waals surface area contributed by atoms with Crippen LogP contribution in [-0.4, -0.2) is 52.8 Å². The maximum Gasteiger partial charge on any atom is 0.435 e. The van der Waals surface area contributed by atoms with E-state index in [4.69, 9.17) is 14.6 Å². The molecule has 1 aliphatic rings. The van der Waals surface area contributed by atoms with Crippen LogP contribution in [0.25, 0.3) is 16.9 Å². The topological polar surface area (TPSA) is 202 Å². The summed E-state index contributed by atoms with van der Waals surface area (Å²) in [5.41, 5.74) is 0.0288. The van der Waals surface area contributed by atoms with Crippen molar-refractivity contribution in [1.82, 2.24) is 9.78 Å². The number of aromatic carboxylic acids is 1. The number of nitrogens with two attached hydrogens (primary N) is 1. The zero-order valence-electron chi connectivity index (χ0n) is 27.7. The van der Waals surface area contributed by atoms with Gasteiger partial charge >= 0.3 is 24.1 Å². The molecule has 1 aromatic heterocycles. The van der Waals surface area contributed by atoms with E-state index in [-0.39, 0.29) is 55.6 Å². The number of rotatable bonds is 6. The summed E-state index contributed by atoms with van der Waals surface area (Å²) >= 11 is 0. The number of aryl methyl sites for hydroxylation is 1. The maximum atomic E-state index is 13.1. The van der Waals surface area contributed by atoms with Crippen molar-refractivity contribution in [2.24, 2.45) is 5.14 Å². The van der Waals surface area contributed by atoms with Gasteiger partial charge in [-0.15, -0.1) is 0 Å². The summed E-state index contributed by atoms with van der Waals surface area (Å²) < 4.78 is 73.2. The Balaban J connectivity index is 0.000000204. The molecule has 0 unspecified atom stereocenters. The Morgan fingerprint density at radius 1 is 0.792 bits per heavy atom. The van der Waals surface area contributed by atoms with Crippen LogP contribution in [0, 0.1) is 6.92 Å². The second-order valence-electron chi connectivity index (χ2n) is 11.5. The zero-order chi connectivity index (χ0) is 39.0. The number of sulfonamides is 1. The Morgan fingerprint density at radius 2 is 1.38 bits per heavy atom. The molecule has 13 nitrogen and oxygen atoms in total. The third-order valence-electron chi connectivity index (χ3n) is 7.58. The molecule has 1 heterocycles. The number of nitrogens with zero attached hydrogens (tertiary/aromatic N) is 2. The van der Waals surface area contributed by atoms with Crippen LogP contribution in [0.1, 0.15) is 67.3 Å². The first kappa shape index (κ1) is 37.8. The van der Waals surface area contributed by atoms with Crippen molar-refractivity contribution < 1.29 is 60.1 Å². The Bertz CT molecular complexity index is 2440. The molecule has 0 atom stereocenters. The summed E-state index contributed by atoms with van der Waals surface area (Å²) in [7, 11) is -3.90. The van der Waals surface area contributed by atoms with Crippen LogP contribution in [0.5, 0.6) is 11.5 Å². The molecule has 0 bridgehead atoms. The van der Waals surface area contributed by atoms with Crippen molar-refractivity contribution in [2.45, 2.75) is 31.8 Å². The number of hydrogen-bond donors (Lipinski definition) is 2. The van der Waals surface area contributed by atoms with Crippen molar-refractivity contribution in [3.63, 3.8) is 0 Å². The first-order valence-electron chi connectivity index (χ1n) is 15.1. The molecule has 53 heavy (non-hydrogen) atoms. The second kappa shape index (κ2) is 14.3. The van der Waals surface area contributed by atoms with E-state index in [0.717, 1.165) is 42.3 Å². The van der Waals surface area contributed by atoms with E-state index >= 15 is 0 Å². The number of aromatic nitrogens is 2. The fourth-order valence-electron chi connectivity index (χ4n) is 5.28. The van der Waals surface area contributed by atoms with Gasteiger partial charge in [0.25, 0.3) is 0 Å². The van der Waals surface area contributed by atoms with Gasteiger partial charge in [0.2, 0.25) is 15.8 Å². The van der Waals surface area contributed by atoms with Crippen LogP contribution < -0.4 is 14.6 Å². The van der Waals surface area contributed by atoms with Crippen LogP contribution in [-0.2, 0) is 25.8 Å². The molecule has 4 aromatic carbocycles. The number of carboxylic acid groups (broad SMARTS) is 1. The van der Waals surface area contributed by atoms with E-state index in [1.807, 2.05) is 6.92 Å². The number of halogens is 3. The standard InChI is InChI=1S/C19H12O8.C17H14F3N3O2S/c1-8(20)26-13-5-3-4-11-15(13)18(23)16-12(17(11)22)6-10(19(24)25)7-14(16)27-9(2)21;1-11-2-4-12(5-3-11)15-10-16(17(18,19)20)22-23(15)13-6-8-14(9-7-13)26(21,24)25/h3-7H,1-2H3,(H,24,25);2-10H,1H3,(H2,21,24,25). The first-order chi connectivity index (χ1) is 24.8. The predicted molar refractivity (Wildman–Crippen MR) is 179 cm³/mol. The Labute approximate surface area is 298 Å². The predicted octanol–water partition coefficient (Wildman–Crippen LogP) is 5.52. The highest BCUT2D eigenvalue weighted by atomic mass is 32.2. The van der Waals surface area contributed by atoms with E-state index in [0.29, 0.717) is 5.56 Å². The summed E-state index contributed by atoms with van der Waals surface area (Å²) in [4.78, 5) is 59.8. The lowest BCUT2D eigenvalue weighted by atomic mass is 9.82. The highest BCUT2D eigenvalue weighted by Gasteiger charge is 2.37. The molecule has 0 saturated heterocycles. The van der Waals surface area contributed by atoms with Crippen LogP contribution >= 0.6 is 0 Å². The minimum Gasteiger partial charge on any atom is -0.478 e.